The van der Waals surface area contributed by atoms with E-state index in [1.54, 1.807) is 23.9 Å². The third-order valence-corrected chi connectivity index (χ3v) is 11.2. The Labute approximate surface area is 250 Å². The Kier molecular flexibility index (Phi) is 10.8. The lowest BCUT2D eigenvalue weighted by Crippen LogP contribution is -2.57. The van der Waals surface area contributed by atoms with E-state index >= 15 is 0 Å². The maximum absolute atomic E-state index is 14.6. The molecular formula is C33H47N3O4S. The van der Waals surface area contributed by atoms with Gasteiger partial charge in [-0.25, -0.2) is 0 Å². The van der Waals surface area contributed by atoms with Crippen LogP contribution in [0.5, 0.6) is 0 Å². The molecule has 0 radical (unpaired) electrons. The van der Waals surface area contributed by atoms with E-state index in [2.05, 4.69) is 27.0 Å². The molecule has 7 nitrogen and oxygen atoms in total. The fourth-order valence-corrected chi connectivity index (χ4v) is 9.77. The normalized spacial score (nSPS) is 28.0. The van der Waals surface area contributed by atoms with Crippen molar-refractivity contribution in [3.8, 4) is 0 Å². The Morgan fingerprint density at radius 1 is 1.07 bits per heavy atom. The van der Waals surface area contributed by atoms with E-state index in [9.17, 15) is 19.5 Å². The molecule has 6 atom stereocenters. The minimum Gasteiger partial charge on any atom is -0.396 e. The molecule has 2 bridgehead atoms. The van der Waals surface area contributed by atoms with Gasteiger partial charge < -0.3 is 19.8 Å². The summed E-state index contributed by atoms with van der Waals surface area (Å²) in [7, 11) is 0. The van der Waals surface area contributed by atoms with Gasteiger partial charge in [-0.2, -0.15) is 0 Å². The molecule has 3 heterocycles. The van der Waals surface area contributed by atoms with Crippen LogP contribution in [-0.4, -0.2) is 86.4 Å². The highest BCUT2D eigenvalue weighted by Gasteiger charge is 2.76. The first kappa shape index (κ1) is 31.4. The third-order valence-electron chi connectivity index (χ3n) is 9.10. The van der Waals surface area contributed by atoms with Crippen LogP contribution in [0, 0.1) is 17.8 Å². The Hall–Kier alpha value is -2.58. The summed E-state index contributed by atoms with van der Waals surface area (Å²) in [5.74, 6) is -0.869. The molecule has 0 aliphatic carbocycles. The number of rotatable bonds is 16. The highest BCUT2D eigenvalue weighted by Crippen LogP contribution is 2.69. The molecule has 8 heteroatoms. The van der Waals surface area contributed by atoms with E-state index in [0.29, 0.717) is 32.7 Å². The molecule has 1 aromatic rings. The molecule has 1 spiro atoms. The van der Waals surface area contributed by atoms with Crippen molar-refractivity contribution >= 4 is 29.5 Å². The third kappa shape index (κ3) is 6.00. The molecule has 4 rings (SSSR count). The summed E-state index contributed by atoms with van der Waals surface area (Å²) in [6.45, 7) is 14.6. The average Bonchev–Trinajstić information content (AvgIpc) is 3.56. The van der Waals surface area contributed by atoms with Crippen molar-refractivity contribution in [3.63, 3.8) is 0 Å². The van der Waals surface area contributed by atoms with Crippen LogP contribution in [0.2, 0.25) is 0 Å². The molecule has 1 N–H and O–H groups in total. The van der Waals surface area contributed by atoms with Crippen LogP contribution >= 0.6 is 11.8 Å². The second-order valence-electron chi connectivity index (χ2n) is 11.8. The van der Waals surface area contributed by atoms with Crippen molar-refractivity contribution in [3.05, 3.63) is 61.2 Å². The van der Waals surface area contributed by atoms with E-state index < -0.39 is 22.6 Å². The lowest BCUT2D eigenvalue weighted by atomic mass is 9.65. The average molecular weight is 582 g/mol. The van der Waals surface area contributed by atoms with Gasteiger partial charge in [-0.15, -0.1) is 24.9 Å². The van der Waals surface area contributed by atoms with Gasteiger partial charge in [-0.1, -0.05) is 69.2 Å². The first-order valence-electron chi connectivity index (χ1n) is 15.3. The zero-order valence-electron chi connectivity index (χ0n) is 24.7. The summed E-state index contributed by atoms with van der Waals surface area (Å²) in [6.07, 6.45) is 8.41. The summed E-state index contributed by atoms with van der Waals surface area (Å²) in [5, 5.41) is 9.24. The predicted molar refractivity (Wildman–Crippen MR) is 165 cm³/mol. The Morgan fingerprint density at radius 3 is 2.41 bits per heavy atom. The Bertz CT molecular complexity index is 1100. The van der Waals surface area contributed by atoms with Gasteiger partial charge in [0.2, 0.25) is 17.7 Å². The van der Waals surface area contributed by atoms with Crippen LogP contribution in [0.3, 0.4) is 0 Å². The second-order valence-corrected chi connectivity index (χ2v) is 13.3. The molecule has 1 aromatic carbocycles. The summed E-state index contributed by atoms with van der Waals surface area (Å²) < 4.78 is -0.633. The molecule has 3 fully saturated rings. The maximum Gasteiger partial charge on any atom is 0.247 e. The maximum atomic E-state index is 14.6. The van der Waals surface area contributed by atoms with Crippen molar-refractivity contribution in [2.24, 2.45) is 17.8 Å². The first-order chi connectivity index (χ1) is 19.8. The van der Waals surface area contributed by atoms with Crippen LogP contribution in [0.15, 0.2) is 55.6 Å². The lowest BCUT2D eigenvalue weighted by molar-refractivity contribution is -0.145. The van der Waals surface area contributed by atoms with Gasteiger partial charge in [0.05, 0.1) is 16.6 Å². The number of aliphatic hydroxyl groups is 1. The topological polar surface area (TPSA) is 81.2 Å². The summed E-state index contributed by atoms with van der Waals surface area (Å²) >= 11 is 1.74. The number of unbranched alkanes of at least 4 members (excludes halogenated alkanes) is 3. The number of hydrogen-bond acceptors (Lipinski definition) is 5. The van der Waals surface area contributed by atoms with Crippen molar-refractivity contribution in [2.45, 2.75) is 75.0 Å². The number of fused-ring (bicyclic) bond motifs is 1. The summed E-state index contributed by atoms with van der Waals surface area (Å²) in [4.78, 5) is 48.6. The zero-order chi connectivity index (χ0) is 29.6. The van der Waals surface area contributed by atoms with Crippen LogP contribution in [0.4, 0.5) is 0 Å². The van der Waals surface area contributed by atoms with Gasteiger partial charge in [0.25, 0.3) is 0 Å². The monoisotopic (exact) mass is 581 g/mol. The van der Waals surface area contributed by atoms with Crippen LogP contribution in [0.25, 0.3) is 0 Å². The van der Waals surface area contributed by atoms with Gasteiger partial charge >= 0.3 is 0 Å². The number of carbonyl (C=O) groups excluding carboxylic acids is 3. The highest BCUT2D eigenvalue weighted by molar-refractivity contribution is 8.02. The van der Waals surface area contributed by atoms with Gasteiger partial charge in [0.15, 0.2) is 0 Å². The number of nitrogens with zero attached hydrogens (tertiary/aromatic N) is 3. The molecule has 0 saturated carbocycles. The molecule has 0 aromatic heterocycles. The number of carbonyl (C=O) groups is 3. The molecule has 41 heavy (non-hydrogen) atoms. The number of benzene rings is 1. The molecule has 3 amide bonds. The van der Waals surface area contributed by atoms with Crippen LogP contribution in [-0.2, 0) is 20.9 Å². The van der Waals surface area contributed by atoms with E-state index in [0.717, 1.165) is 44.1 Å². The van der Waals surface area contributed by atoms with E-state index in [-0.39, 0.29) is 35.5 Å². The lowest BCUT2D eigenvalue weighted by Gasteiger charge is -2.41. The molecule has 3 unspecified atom stereocenters. The second kappa shape index (κ2) is 14.1. The largest absolute Gasteiger partial charge is 0.396 e. The standard InChI is InChI=1S/C33H47N3O4S/c1-5-17-34(18-6-2)30(38)27-26-22-24(4)33(41-26)28(27)31(39)36(20-13-8-9-14-21-37)29(33)32(40)35(19-7-3)23-25-15-11-10-12-16-25/h5,7,10-12,15-16,24,26-29,37H,1,3,6,8-9,13-14,17-23H2,2,4H3/t24?,26-,27+,28+,29?,33?/m1/s1. The van der Waals surface area contributed by atoms with Crippen molar-refractivity contribution < 1.29 is 19.5 Å². The molecule has 3 saturated heterocycles. The predicted octanol–water partition coefficient (Wildman–Crippen LogP) is 4.52. The van der Waals surface area contributed by atoms with Gasteiger partial charge in [-0.05, 0) is 37.2 Å². The smallest absolute Gasteiger partial charge is 0.247 e. The number of amides is 3. The van der Waals surface area contributed by atoms with E-state index in [1.807, 2.05) is 45.0 Å². The Morgan fingerprint density at radius 2 is 1.76 bits per heavy atom. The zero-order valence-corrected chi connectivity index (χ0v) is 25.6. The minimum atomic E-state index is -0.633. The van der Waals surface area contributed by atoms with Gasteiger partial charge in [0.1, 0.15) is 6.04 Å². The summed E-state index contributed by atoms with van der Waals surface area (Å²) in [5.41, 5.74) is 1.03. The number of aliphatic hydroxyl groups excluding tert-OH is 1. The van der Waals surface area contributed by atoms with Crippen molar-refractivity contribution in [1.29, 1.82) is 0 Å². The highest BCUT2D eigenvalue weighted by atomic mass is 32.2. The van der Waals surface area contributed by atoms with Crippen molar-refractivity contribution in [2.75, 3.05) is 32.8 Å². The number of hydrogen-bond donors (Lipinski definition) is 1. The molecule has 224 valence electrons. The first-order valence-corrected chi connectivity index (χ1v) is 16.2. The van der Waals surface area contributed by atoms with E-state index in [1.165, 1.54) is 0 Å². The summed E-state index contributed by atoms with van der Waals surface area (Å²) in [6, 6.07) is 9.30. The van der Waals surface area contributed by atoms with E-state index in [4.69, 9.17) is 0 Å². The fourth-order valence-electron chi connectivity index (χ4n) is 7.36. The number of likely N-dealkylation sites (tertiary alicyclic amines) is 1. The fraction of sp³-hybridized carbons (Fsp3) is 0.606. The SMILES string of the molecule is C=CCN(Cc1ccccc1)C(=O)C1N(CCCCCCO)C(=O)[C@@H]2[C@@H](C(=O)N(CC=C)CCC)[C@H]3CC(C)C12S3. The quantitative estimate of drug-likeness (QED) is 0.229. The minimum absolute atomic E-state index is 0.0274. The molecular weight excluding hydrogens is 534 g/mol. The van der Waals surface area contributed by atoms with Crippen LogP contribution in [0.1, 0.15) is 57.9 Å². The van der Waals surface area contributed by atoms with Crippen molar-refractivity contribution in [1.82, 2.24) is 14.7 Å². The molecule has 3 aliphatic rings. The number of thioether (sulfide) groups is 1. The van der Waals surface area contributed by atoms with Crippen LogP contribution < -0.4 is 0 Å². The molecule has 3 aliphatic heterocycles. The van der Waals surface area contributed by atoms with Gasteiger partial charge in [0, 0.05) is 44.6 Å². The van der Waals surface area contributed by atoms with Gasteiger partial charge in [-0.3, -0.25) is 14.4 Å². The Balaban J connectivity index is 1.71.